The molecule has 0 aliphatic carbocycles. The van der Waals surface area contributed by atoms with E-state index in [2.05, 4.69) is 15.9 Å². The standard InChI is InChI=1S/C14H12BrNO3S/c1-19-11-5-7-12(8-6-11)20-9-10-3-2-4-13(14(10)15)16(17)18/h2-8H,9H2,1H3. The van der Waals surface area contributed by atoms with Crippen LogP contribution in [-0.4, -0.2) is 12.0 Å². The number of nitrogens with zero attached hydrogens (tertiary/aromatic N) is 1. The van der Waals surface area contributed by atoms with Crippen molar-refractivity contribution in [2.45, 2.75) is 10.6 Å². The number of nitro benzene ring substituents is 1. The first kappa shape index (κ1) is 14.9. The highest BCUT2D eigenvalue weighted by Crippen LogP contribution is 2.33. The molecule has 0 bridgehead atoms. The lowest BCUT2D eigenvalue weighted by atomic mass is 10.2. The molecule has 0 unspecified atom stereocenters. The second-order valence-corrected chi connectivity index (χ2v) is 5.81. The Morgan fingerprint density at radius 3 is 2.55 bits per heavy atom. The van der Waals surface area contributed by atoms with Gasteiger partial charge in [-0.15, -0.1) is 11.8 Å². The molecule has 0 saturated heterocycles. The smallest absolute Gasteiger partial charge is 0.283 e. The van der Waals surface area contributed by atoms with Crippen LogP contribution in [0.15, 0.2) is 51.8 Å². The van der Waals surface area contributed by atoms with Crippen LogP contribution < -0.4 is 4.74 Å². The number of methoxy groups -OCH3 is 1. The SMILES string of the molecule is COc1ccc(SCc2cccc([N+](=O)[O-])c2Br)cc1. The lowest BCUT2D eigenvalue weighted by molar-refractivity contribution is -0.385. The average Bonchev–Trinajstić information content (AvgIpc) is 2.46. The van der Waals surface area contributed by atoms with E-state index in [0.717, 1.165) is 16.2 Å². The highest BCUT2D eigenvalue weighted by molar-refractivity contribution is 9.10. The van der Waals surface area contributed by atoms with Crippen molar-refractivity contribution >= 4 is 33.4 Å². The fourth-order valence-electron chi connectivity index (χ4n) is 1.65. The average molecular weight is 354 g/mol. The van der Waals surface area contributed by atoms with Gasteiger partial charge in [0.2, 0.25) is 0 Å². The van der Waals surface area contributed by atoms with Crippen molar-refractivity contribution in [3.05, 3.63) is 62.6 Å². The van der Waals surface area contributed by atoms with Gasteiger partial charge in [-0.3, -0.25) is 10.1 Å². The molecule has 4 nitrogen and oxygen atoms in total. The van der Waals surface area contributed by atoms with Crippen LogP contribution in [0.25, 0.3) is 0 Å². The van der Waals surface area contributed by atoms with Gasteiger partial charge >= 0.3 is 0 Å². The summed E-state index contributed by atoms with van der Waals surface area (Å²) in [5.41, 5.74) is 0.998. The van der Waals surface area contributed by atoms with Crippen LogP contribution in [0.4, 0.5) is 5.69 Å². The van der Waals surface area contributed by atoms with Gasteiger partial charge < -0.3 is 4.74 Å². The predicted octanol–water partition coefficient (Wildman–Crippen LogP) is 4.66. The zero-order valence-electron chi connectivity index (χ0n) is 10.7. The van der Waals surface area contributed by atoms with Crippen molar-refractivity contribution in [3.8, 4) is 5.75 Å². The summed E-state index contributed by atoms with van der Waals surface area (Å²) in [6, 6.07) is 12.8. The van der Waals surface area contributed by atoms with E-state index < -0.39 is 0 Å². The molecule has 0 atom stereocenters. The quantitative estimate of drug-likeness (QED) is 0.445. The lowest BCUT2D eigenvalue weighted by Crippen LogP contribution is -1.92. The van der Waals surface area contributed by atoms with Crippen molar-refractivity contribution in [2.75, 3.05) is 7.11 Å². The van der Waals surface area contributed by atoms with E-state index in [4.69, 9.17) is 4.74 Å². The molecule has 0 radical (unpaired) electrons. The number of ether oxygens (including phenoxy) is 1. The summed E-state index contributed by atoms with van der Waals surface area (Å²) in [6.07, 6.45) is 0. The second-order valence-electron chi connectivity index (χ2n) is 3.97. The molecular weight excluding hydrogens is 342 g/mol. The number of nitro groups is 1. The molecule has 0 aromatic heterocycles. The molecule has 6 heteroatoms. The maximum absolute atomic E-state index is 10.9. The number of hydrogen-bond acceptors (Lipinski definition) is 4. The minimum atomic E-state index is -0.383. The number of benzene rings is 2. The van der Waals surface area contributed by atoms with Crippen LogP contribution in [0.2, 0.25) is 0 Å². The Balaban J connectivity index is 2.10. The Morgan fingerprint density at radius 1 is 1.25 bits per heavy atom. The molecule has 20 heavy (non-hydrogen) atoms. The highest BCUT2D eigenvalue weighted by Gasteiger charge is 2.14. The molecule has 2 aromatic carbocycles. The fourth-order valence-corrected chi connectivity index (χ4v) is 3.28. The molecule has 0 heterocycles. The summed E-state index contributed by atoms with van der Waals surface area (Å²) < 4.78 is 5.65. The number of thioether (sulfide) groups is 1. The maximum atomic E-state index is 10.9. The second kappa shape index (κ2) is 6.76. The topological polar surface area (TPSA) is 52.4 Å². The van der Waals surface area contributed by atoms with Crippen LogP contribution in [0.5, 0.6) is 5.75 Å². The Morgan fingerprint density at radius 2 is 1.95 bits per heavy atom. The summed E-state index contributed by atoms with van der Waals surface area (Å²) in [6.45, 7) is 0. The van der Waals surface area contributed by atoms with E-state index in [1.165, 1.54) is 6.07 Å². The van der Waals surface area contributed by atoms with Gasteiger partial charge in [-0.1, -0.05) is 12.1 Å². The van der Waals surface area contributed by atoms with Gasteiger partial charge in [0.1, 0.15) is 5.75 Å². The van der Waals surface area contributed by atoms with Gasteiger partial charge in [-0.25, -0.2) is 0 Å². The van der Waals surface area contributed by atoms with Gasteiger partial charge in [0.15, 0.2) is 0 Å². The van der Waals surface area contributed by atoms with Gasteiger partial charge in [0.05, 0.1) is 16.5 Å². The van der Waals surface area contributed by atoms with Crippen molar-refractivity contribution in [2.24, 2.45) is 0 Å². The number of rotatable bonds is 5. The van der Waals surface area contributed by atoms with Gasteiger partial charge in [0.25, 0.3) is 5.69 Å². The Hall–Kier alpha value is -1.53. The molecule has 2 aromatic rings. The van der Waals surface area contributed by atoms with E-state index in [9.17, 15) is 10.1 Å². The van der Waals surface area contributed by atoms with Crippen LogP contribution >= 0.6 is 27.7 Å². The zero-order valence-corrected chi connectivity index (χ0v) is 13.1. The molecule has 0 spiro atoms. The van der Waals surface area contributed by atoms with Gasteiger partial charge in [-0.05, 0) is 45.8 Å². The van der Waals surface area contributed by atoms with Gasteiger partial charge in [-0.2, -0.15) is 0 Å². The molecule has 104 valence electrons. The molecule has 0 aliphatic rings. The van der Waals surface area contributed by atoms with E-state index in [1.54, 1.807) is 24.9 Å². The van der Waals surface area contributed by atoms with Crippen LogP contribution in [0, 0.1) is 10.1 Å². The first-order valence-electron chi connectivity index (χ1n) is 5.80. The lowest BCUT2D eigenvalue weighted by Gasteiger charge is -2.06. The Labute approximate surface area is 129 Å². The van der Waals surface area contributed by atoms with Crippen molar-refractivity contribution in [3.63, 3.8) is 0 Å². The monoisotopic (exact) mass is 353 g/mol. The van der Waals surface area contributed by atoms with E-state index >= 15 is 0 Å². The van der Waals surface area contributed by atoms with E-state index in [0.29, 0.717) is 10.2 Å². The molecule has 0 saturated carbocycles. The summed E-state index contributed by atoms with van der Waals surface area (Å²) in [4.78, 5) is 11.6. The normalized spacial score (nSPS) is 10.3. The molecule has 0 fully saturated rings. The number of halogens is 1. The van der Waals surface area contributed by atoms with Crippen molar-refractivity contribution in [1.29, 1.82) is 0 Å². The Kier molecular flexibility index (Phi) is 5.03. The van der Waals surface area contributed by atoms with Crippen LogP contribution in [-0.2, 0) is 5.75 Å². The summed E-state index contributed by atoms with van der Waals surface area (Å²) >= 11 is 4.92. The first-order valence-corrected chi connectivity index (χ1v) is 7.58. The molecule has 0 amide bonds. The van der Waals surface area contributed by atoms with Gasteiger partial charge in [0, 0.05) is 16.7 Å². The largest absolute Gasteiger partial charge is 0.497 e. The fraction of sp³-hybridized carbons (Fsp3) is 0.143. The summed E-state index contributed by atoms with van der Waals surface area (Å²) in [5.74, 6) is 1.47. The van der Waals surface area contributed by atoms with E-state index in [1.807, 2.05) is 30.3 Å². The minimum absolute atomic E-state index is 0.0952. The third kappa shape index (κ3) is 3.52. The molecule has 0 aliphatic heterocycles. The summed E-state index contributed by atoms with van der Waals surface area (Å²) in [7, 11) is 1.63. The Bertz CT molecular complexity index is 616. The minimum Gasteiger partial charge on any atom is -0.497 e. The highest BCUT2D eigenvalue weighted by atomic mass is 79.9. The summed E-state index contributed by atoms with van der Waals surface area (Å²) in [5, 5.41) is 10.9. The van der Waals surface area contributed by atoms with Crippen molar-refractivity contribution < 1.29 is 9.66 Å². The third-order valence-electron chi connectivity index (χ3n) is 2.71. The van der Waals surface area contributed by atoms with Crippen molar-refractivity contribution in [1.82, 2.24) is 0 Å². The number of hydrogen-bond donors (Lipinski definition) is 0. The molecular formula is C14H12BrNO3S. The first-order chi connectivity index (χ1) is 9.61. The predicted molar refractivity (Wildman–Crippen MR) is 83.4 cm³/mol. The zero-order chi connectivity index (χ0) is 14.5. The maximum Gasteiger partial charge on any atom is 0.283 e. The van der Waals surface area contributed by atoms with Crippen LogP contribution in [0.3, 0.4) is 0 Å². The van der Waals surface area contributed by atoms with Crippen LogP contribution in [0.1, 0.15) is 5.56 Å². The third-order valence-corrected chi connectivity index (χ3v) is 4.69. The molecule has 2 rings (SSSR count). The van der Waals surface area contributed by atoms with E-state index in [-0.39, 0.29) is 10.6 Å². The molecule has 0 N–H and O–H groups in total.